The van der Waals surface area contributed by atoms with Crippen LogP contribution in [-0.4, -0.2) is 27.7 Å². The van der Waals surface area contributed by atoms with Crippen LogP contribution in [0.2, 0.25) is 0 Å². The van der Waals surface area contributed by atoms with Crippen LogP contribution in [0.4, 0.5) is 11.4 Å². The summed E-state index contributed by atoms with van der Waals surface area (Å²) in [4.78, 5) is 16.3. The molecule has 7 heteroatoms. The van der Waals surface area contributed by atoms with Crippen molar-refractivity contribution in [3.8, 4) is 0 Å². The highest BCUT2D eigenvalue weighted by molar-refractivity contribution is 7.92. The molecule has 6 nitrogen and oxygen atoms in total. The molecule has 0 saturated carbocycles. The first-order valence-electron chi connectivity index (χ1n) is 10.9. The largest absolute Gasteiger partial charge is 0.465 e. The summed E-state index contributed by atoms with van der Waals surface area (Å²) < 4.78 is 33.1. The van der Waals surface area contributed by atoms with Crippen molar-refractivity contribution in [1.82, 2.24) is 0 Å². The molecule has 0 radical (unpaired) electrons. The van der Waals surface area contributed by atoms with E-state index in [1.54, 1.807) is 85.1 Å². The Bertz CT molecular complexity index is 1400. The summed E-state index contributed by atoms with van der Waals surface area (Å²) in [5.74, 6) is -0.394. The van der Waals surface area contributed by atoms with Gasteiger partial charge in [0, 0.05) is 6.21 Å². The Morgan fingerprint density at radius 3 is 2.03 bits per heavy atom. The fourth-order valence-electron chi connectivity index (χ4n) is 3.46. The Morgan fingerprint density at radius 1 is 0.829 bits per heavy atom. The molecule has 4 aromatic rings. The molecule has 0 saturated heterocycles. The maximum absolute atomic E-state index is 13.5. The van der Waals surface area contributed by atoms with Gasteiger partial charge in [-0.2, -0.15) is 0 Å². The van der Waals surface area contributed by atoms with Gasteiger partial charge < -0.3 is 4.74 Å². The Labute approximate surface area is 205 Å². The lowest BCUT2D eigenvalue weighted by atomic mass is 10.1. The Morgan fingerprint density at radius 2 is 1.43 bits per heavy atom. The molecule has 4 aromatic carbocycles. The van der Waals surface area contributed by atoms with E-state index >= 15 is 0 Å². The number of anilines is 1. The van der Waals surface area contributed by atoms with E-state index in [9.17, 15) is 13.2 Å². The van der Waals surface area contributed by atoms with E-state index in [1.807, 2.05) is 30.3 Å². The van der Waals surface area contributed by atoms with Crippen molar-refractivity contribution in [2.45, 2.75) is 11.4 Å². The van der Waals surface area contributed by atoms with E-state index in [-0.39, 0.29) is 11.4 Å². The van der Waals surface area contributed by atoms with Gasteiger partial charge >= 0.3 is 5.97 Å². The third-order valence-corrected chi connectivity index (χ3v) is 7.12. The van der Waals surface area contributed by atoms with E-state index < -0.39 is 16.0 Å². The number of sulfonamides is 1. The van der Waals surface area contributed by atoms with Crippen molar-refractivity contribution in [3.63, 3.8) is 0 Å². The second-order valence-electron chi connectivity index (χ2n) is 7.70. The van der Waals surface area contributed by atoms with Crippen LogP contribution in [0.3, 0.4) is 0 Å². The van der Waals surface area contributed by atoms with Gasteiger partial charge in [-0.3, -0.25) is 9.30 Å². The smallest absolute Gasteiger partial charge is 0.337 e. The lowest BCUT2D eigenvalue weighted by molar-refractivity contribution is 0.0600. The zero-order valence-corrected chi connectivity index (χ0v) is 19.9. The van der Waals surface area contributed by atoms with E-state index in [2.05, 4.69) is 4.99 Å². The molecular weight excluding hydrogens is 460 g/mol. The fraction of sp³-hybridized carbons (Fsp3) is 0.0714. The summed E-state index contributed by atoms with van der Waals surface area (Å²) in [5.41, 5.74) is 3.37. The topological polar surface area (TPSA) is 76.0 Å². The van der Waals surface area contributed by atoms with Crippen LogP contribution in [0.5, 0.6) is 0 Å². The number of esters is 1. The molecule has 0 heterocycles. The Kier molecular flexibility index (Phi) is 7.38. The summed E-state index contributed by atoms with van der Waals surface area (Å²) in [5, 5.41) is 0. The number of hydrogen-bond donors (Lipinski definition) is 0. The summed E-state index contributed by atoms with van der Waals surface area (Å²) in [6, 6.07) is 31.8. The monoisotopic (exact) mass is 484 g/mol. The van der Waals surface area contributed by atoms with Gasteiger partial charge in [0.1, 0.15) is 0 Å². The second kappa shape index (κ2) is 10.8. The Balaban J connectivity index is 1.59. The maximum Gasteiger partial charge on any atom is 0.337 e. The molecule has 0 aliphatic rings. The molecule has 0 spiro atoms. The second-order valence-corrected chi connectivity index (χ2v) is 9.56. The molecule has 0 atom stereocenters. The highest BCUT2D eigenvalue weighted by Crippen LogP contribution is 2.28. The number of benzene rings is 4. The summed E-state index contributed by atoms with van der Waals surface area (Å²) in [7, 11) is -2.44. The minimum absolute atomic E-state index is 0.202. The molecule has 0 fully saturated rings. The van der Waals surface area contributed by atoms with Gasteiger partial charge in [0.05, 0.1) is 35.5 Å². The third kappa shape index (κ3) is 5.83. The van der Waals surface area contributed by atoms with Crippen LogP contribution in [0, 0.1) is 0 Å². The van der Waals surface area contributed by atoms with Gasteiger partial charge in [-0.15, -0.1) is 0 Å². The molecule has 0 bridgehead atoms. The van der Waals surface area contributed by atoms with Crippen molar-refractivity contribution in [3.05, 3.63) is 126 Å². The van der Waals surface area contributed by atoms with Crippen LogP contribution in [0.15, 0.2) is 119 Å². The lowest BCUT2D eigenvalue weighted by Gasteiger charge is -2.25. The van der Waals surface area contributed by atoms with Crippen molar-refractivity contribution in [1.29, 1.82) is 0 Å². The average Bonchev–Trinajstić information content (AvgIpc) is 2.92. The van der Waals surface area contributed by atoms with Gasteiger partial charge in [0.2, 0.25) is 0 Å². The van der Waals surface area contributed by atoms with Crippen molar-refractivity contribution in [2.24, 2.45) is 4.99 Å². The third-order valence-electron chi connectivity index (χ3n) is 5.33. The highest BCUT2D eigenvalue weighted by Gasteiger charge is 2.25. The zero-order chi connectivity index (χ0) is 24.7. The van der Waals surface area contributed by atoms with E-state index in [1.165, 1.54) is 11.4 Å². The molecule has 0 unspecified atom stereocenters. The standard InChI is InChI=1S/C28H24N2O4S/c1-34-28(31)24-14-12-22(13-15-24)20-29-25-16-18-26(19-17-25)30(21-23-8-4-2-5-9-23)35(32,33)27-10-6-3-7-11-27/h2-20H,21H2,1H3. The first-order valence-corrected chi connectivity index (χ1v) is 12.4. The molecule has 0 aliphatic carbocycles. The molecule has 35 heavy (non-hydrogen) atoms. The maximum atomic E-state index is 13.5. The van der Waals surface area contributed by atoms with E-state index in [0.717, 1.165) is 11.1 Å². The number of aliphatic imine (C=N–C) groups is 1. The van der Waals surface area contributed by atoms with E-state index in [4.69, 9.17) is 4.74 Å². The van der Waals surface area contributed by atoms with Gasteiger partial charge in [0.15, 0.2) is 0 Å². The molecular formula is C28H24N2O4S. The van der Waals surface area contributed by atoms with Gasteiger partial charge in [-0.05, 0) is 59.7 Å². The van der Waals surface area contributed by atoms with Crippen molar-refractivity contribution in [2.75, 3.05) is 11.4 Å². The number of hydrogen-bond acceptors (Lipinski definition) is 5. The SMILES string of the molecule is COC(=O)c1ccc(C=Nc2ccc(N(Cc3ccccc3)S(=O)(=O)c3ccccc3)cc2)cc1. The Hall–Kier alpha value is -4.23. The van der Waals surface area contributed by atoms with Crippen molar-refractivity contribution < 1.29 is 17.9 Å². The zero-order valence-electron chi connectivity index (χ0n) is 19.1. The first kappa shape index (κ1) is 23.9. The van der Waals surface area contributed by atoms with E-state index in [0.29, 0.717) is 16.9 Å². The van der Waals surface area contributed by atoms with Crippen LogP contribution >= 0.6 is 0 Å². The summed E-state index contributed by atoms with van der Waals surface area (Å²) >= 11 is 0. The highest BCUT2D eigenvalue weighted by atomic mass is 32.2. The lowest BCUT2D eigenvalue weighted by Crippen LogP contribution is -2.30. The fourth-order valence-corrected chi connectivity index (χ4v) is 4.93. The average molecular weight is 485 g/mol. The number of nitrogens with zero attached hydrogens (tertiary/aromatic N) is 2. The first-order chi connectivity index (χ1) is 17.0. The van der Waals surface area contributed by atoms with Crippen LogP contribution < -0.4 is 4.31 Å². The van der Waals surface area contributed by atoms with Gasteiger partial charge in [0.25, 0.3) is 10.0 Å². The predicted octanol–water partition coefficient (Wildman–Crippen LogP) is 5.62. The molecule has 4 rings (SSSR count). The van der Waals surface area contributed by atoms with Crippen LogP contribution in [0.1, 0.15) is 21.5 Å². The normalized spacial score (nSPS) is 11.3. The number of carbonyl (C=O) groups is 1. The quantitative estimate of drug-likeness (QED) is 0.240. The van der Waals surface area contributed by atoms with Crippen molar-refractivity contribution >= 4 is 33.6 Å². The molecule has 0 amide bonds. The number of methoxy groups -OCH3 is 1. The molecule has 176 valence electrons. The number of carbonyl (C=O) groups excluding carboxylic acids is 1. The van der Waals surface area contributed by atoms with Crippen LogP contribution in [0.25, 0.3) is 0 Å². The van der Waals surface area contributed by atoms with Crippen LogP contribution in [-0.2, 0) is 21.3 Å². The number of rotatable bonds is 8. The van der Waals surface area contributed by atoms with Gasteiger partial charge in [-0.25, -0.2) is 13.2 Å². The summed E-state index contributed by atoms with van der Waals surface area (Å²) in [6.07, 6.45) is 1.68. The predicted molar refractivity (Wildman–Crippen MR) is 138 cm³/mol. The molecule has 0 aromatic heterocycles. The van der Waals surface area contributed by atoms with Gasteiger partial charge in [-0.1, -0.05) is 60.7 Å². The summed E-state index contributed by atoms with van der Waals surface area (Å²) in [6.45, 7) is 0.202. The number of ether oxygens (including phenoxy) is 1. The minimum Gasteiger partial charge on any atom is -0.465 e. The molecule has 0 N–H and O–H groups in total. The minimum atomic E-state index is -3.78. The molecule has 0 aliphatic heterocycles.